The van der Waals surface area contributed by atoms with Gasteiger partial charge in [-0.3, -0.25) is 9.59 Å². The van der Waals surface area contributed by atoms with Crippen LogP contribution >= 0.6 is 11.8 Å². The van der Waals surface area contributed by atoms with Crippen molar-refractivity contribution in [2.45, 2.75) is 18.7 Å². The molecule has 1 aromatic rings. The molecule has 0 saturated carbocycles. The third kappa shape index (κ3) is 4.75. The summed E-state index contributed by atoms with van der Waals surface area (Å²) < 4.78 is 5.12. The van der Waals surface area contributed by atoms with Crippen molar-refractivity contribution in [1.29, 1.82) is 0 Å². The highest BCUT2D eigenvalue weighted by Gasteiger charge is 2.34. The number of hydrogen-bond donors (Lipinski definition) is 2. The highest BCUT2D eigenvalue weighted by molar-refractivity contribution is 7.99. The molecular formula is C15H19NO4S. The van der Waals surface area contributed by atoms with Crippen LogP contribution in [0.3, 0.4) is 0 Å². The summed E-state index contributed by atoms with van der Waals surface area (Å²) in [4.78, 5) is 22.8. The third-order valence-electron chi connectivity index (χ3n) is 3.33. The van der Waals surface area contributed by atoms with Crippen molar-refractivity contribution in [3.05, 3.63) is 35.4 Å². The van der Waals surface area contributed by atoms with Gasteiger partial charge in [0.2, 0.25) is 5.91 Å². The molecule has 1 aliphatic heterocycles. The zero-order valence-corrected chi connectivity index (χ0v) is 12.7. The summed E-state index contributed by atoms with van der Waals surface area (Å²) in [5.41, 5.74) is 2.38. The molecular weight excluding hydrogens is 290 g/mol. The molecule has 1 heterocycles. The summed E-state index contributed by atoms with van der Waals surface area (Å²) in [5, 5.41) is 11.8. The molecule has 6 heteroatoms. The Kier molecular flexibility index (Phi) is 5.64. The number of aryl methyl sites for hydroxylation is 1. The van der Waals surface area contributed by atoms with Crippen molar-refractivity contribution < 1.29 is 19.4 Å². The molecule has 0 aromatic heterocycles. The molecule has 1 aromatic carbocycles. The first-order valence-electron chi connectivity index (χ1n) is 6.79. The quantitative estimate of drug-likeness (QED) is 0.832. The molecule has 5 nitrogen and oxygen atoms in total. The zero-order chi connectivity index (χ0) is 15.2. The van der Waals surface area contributed by atoms with E-state index >= 15 is 0 Å². The minimum absolute atomic E-state index is 0.144. The molecule has 114 valence electrons. The molecule has 0 spiro atoms. The fraction of sp³-hybridized carbons (Fsp3) is 0.467. The van der Waals surface area contributed by atoms with Crippen LogP contribution in [-0.4, -0.2) is 42.0 Å². The van der Waals surface area contributed by atoms with Gasteiger partial charge in [0.1, 0.15) is 5.92 Å². The lowest BCUT2D eigenvalue weighted by Gasteiger charge is -2.15. The lowest BCUT2D eigenvalue weighted by molar-refractivity contribution is -0.142. The first-order chi connectivity index (χ1) is 10.1. The molecule has 0 radical (unpaired) electrons. The Bertz CT molecular complexity index is 520. The Morgan fingerprint density at radius 1 is 1.43 bits per heavy atom. The number of benzene rings is 1. The summed E-state index contributed by atoms with van der Waals surface area (Å²) in [6, 6.07) is 7.74. The van der Waals surface area contributed by atoms with E-state index in [2.05, 4.69) is 11.4 Å². The van der Waals surface area contributed by atoms with Crippen molar-refractivity contribution in [2.24, 2.45) is 5.92 Å². The second-order valence-electron chi connectivity index (χ2n) is 5.14. The molecule has 1 saturated heterocycles. The number of nitrogens with one attached hydrogen (secondary N) is 1. The number of carbonyl (C=O) groups excluding carboxylic acids is 1. The van der Waals surface area contributed by atoms with Crippen LogP contribution in [-0.2, 0) is 20.1 Å². The number of aliphatic carboxylic acids is 1. The Balaban J connectivity index is 1.74. The number of rotatable bonds is 6. The van der Waals surface area contributed by atoms with Gasteiger partial charge in [-0.1, -0.05) is 29.8 Å². The third-order valence-corrected chi connectivity index (χ3v) is 4.33. The smallest absolute Gasteiger partial charge is 0.311 e. The predicted octanol–water partition coefficient (Wildman–Crippen LogP) is 1.44. The molecule has 21 heavy (non-hydrogen) atoms. The number of carboxylic acids is 1. The molecule has 2 atom stereocenters. The highest BCUT2D eigenvalue weighted by Crippen LogP contribution is 2.16. The van der Waals surface area contributed by atoms with Crippen LogP contribution in [0.1, 0.15) is 11.1 Å². The van der Waals surface area contributed by atoms with Gasteiger partial charge in [-0.05, 0) is 12.5 Å². The van der Waals surface area contributed by atoms with Crippen molar-refractivity contribution in [1.82, 2.24) is 5.32 Å². The molecule has 2 N–H and O–H groups in total. The van der Waals surface area contributed by atoms with Crippen LogP contribution in [0.4, 0.5) is 0 Å². The second kappa shape index (κ2) is 7.47. The maximum absolute atomic E-state index is 11.8. The van der Waals surface area contributed by atoms with Gasteiger partial charge in [0.25, 0.3) is 0 Å². The Morgan fingerprint density at radius 2 is 2.24 bits per heavy atom. The second-order valence-corrected chi connectivity index (χ2v) is 6.12. The highest BCUT2D eigenvalue weighted by atomic mass is 32.2. The molecule has 1 fully saturated rings. The minimum Gasteiger partial charge on any atom is -0.481 e. The summed E-state index contributed by atoms with van der Waals surface area (Å²) in [6.45, 7) is 2.47. The van der Waals surface area contributed by atoms with Gasteiger partial charge < -0.3 is 15.2 Å². The van der Waals surface area contributed by atoms with Crippen LogP contribution in [0.15, 0.2) is 24.3 Å². The summed E-state index contributed by atoms with van der Waals surface area (Å²) >= 11 is 1.52. The van der Waals surface area contributed by atoms with Gasteiger partial charge in [-0.2, -0.15) is 0 Å². The Hall–Kier alpha value is -1.53. The van der Waals surface area contributed by atoms with Crippen LogP contribution in [0.25, 0.3) is 0 Å². The van der Waals surface area contributed by atoms with Crippen LogP contribution in [0.5, 0.6) is 0 Å². The van der Waals surface area contributed by atoms with Crippen LogP contribution in [0, 0.1) is 12.8 Å². The van der Waals surface area contributed by atoms with Gasteiger partial charge in [-0.25, -0.2) is 0 Å². The topological polar surface area (TPSA) is 75.6 Å². The molecule has 1 amide bonds. The first kappa shape index (κ1) is 15.9. The van der Waals surface area contributed by atoms with Gasteiger partial charge in [0.05, 0.1) is 25.0 Å². The number of carbonyl (C=O) groups is 2. The SMILES string of the molecule is Cc1cccc(CSCC(=O)NC2COCC2C(=O)O)c1. The maximum atomic E-state index is 11.8. The van der Waals surface area contributed by atoms with E-state index in [1.54, 1.807) is 0 Å². The van der Waals surface area contributed by atoms with E-state index in [1.807, 2.05) is 25.1 Å². The zero-order valence-electron chi connectivity index (χ0n) is 11.9. The molecule has 0 aliphatic carbocycles. The number of hydrogen-bond acceptors (Lipinski definition) is 4. The Labute approximate surface area is 128 Å². The molecule has 2 unspecified atom stereocenters. The standard InChI is InChI=1S/C15H19NO4S/c1-10-3-2-4-11(5-10)8-21-9-14(17)16-13-7-20-6-12(13)15(18)19/h2-5,12-13H,6-9H2,1H3,(H,16,17)(H,18,19). The maximum Gasteiger partial charge on any atom is 0.311 e. The number of ether oxygens (including phenoxy) is 1. The van der Waals surface area contributed by atoms with Gasteiger partial charge in [-0.15, -0.1) is 11.8 Å². The van der Waals surface area contributed by atoms with Crippen molar-refractivity contribution in [3.63, 3.8) is 0 Å². The minimum atomic E-state index is -0.926. The lowest BCUT2D eigenvalue weighted by atomic mass is 10.0. The monoisotopic (exact) mass is 309 g/mol. The van der Waals surface area contributed by atoms with Crippen molar-refractivity contribution in [2.75, 3.05) is 19.0 Å². The van der Waals surface area contributed by atoms with E-state index < -0.39 is 17.9 Å². The van der Waals surface area contributed by atoms with Gasteiger partial charge in [0.15, 0.2) is 0 Å². The average molecular weight is 309 g/mol. The van der Waals surface area contributed by atoms with Crippen molar-refractivity contribution in [3.8, 4) is 0 Å². The van der Waals surface area contributed by atoms with E-state index in [1.165, 1.54) is 22.9 Å². The average Bonchev–Trinajstić information content (AvgIpc) is 2.87. The summed E-state index contributed by atoms with van der Waals surface area (Å²) in [7, 11) is 0. The van der Waals surface area contributed by atoms with E-state index in [0.29, 0.717) is 5.75 Å². The predicted molar refractivity (Wildman–Crippen MR) is 81.2 cm³/mol. The summed E-state index contributed by atoms with van der Waals surface area (Å²) in [5.74, 6) is -0.634. The largest absolute Gasteiger partial charge is 0.481 e. The molecule has 2 rings (SSSR count). The fourth-order valence-electron chi connectivity index (χ4n) is 2.25. The van der Waals surface area contributed by atoms with E-state index in [-0.39, 0.29) is 19.1 Å². The fourth-order valence-corrected chi connectivity index (χ4v) is 3.04. The lowest BCUT2D eigenvalue weighted by Crippen LogP contribution is -2.43. The van der Waals surface area contributed by atoms with E-state index in [4.69, 9.17) is 9.84 Å². The number of amides is 1. The van der Waals surface area contributed by atoms with Crippen molar-refractivity contribution >= 4 is 23.6 Å². The normalized spacial score (nSPS) is 21.2. The van der Waals surface area contributed by atoms with Gasteiger partial charge in [0, 0.05) is 5.75 Å². The number of carboxylic acid groups (broad SMARTS) is 1. The number of thioether (sulfide) groups is 1. The molecule has 1 aliphatic rings. The summed E-state index contributed by atoms with van der Waals surface area (Å²) in [6.07, 6.45) is 0. The Morgan fingerprint density at radius 3 is 2.95 bits per heavy atom. The van der Waals surface area contributed by atoms with Crippen LogP contribution in [0.2, 0.25) is 0 Å². The molecule has 0 bridgehead atoms. The van der Waals surface area contributed by atoms with E-state index in [0.717, 1.165) is 5.75 Å². The first-order valence-corrected chi connectivity index (χ1v) is 7.95. The van der Waals surface area contributed by atoms with Gasteiger partial charge >= 0.3 is 5.97 Å². The van der Waals surface area contributed by atoms with E-state index in [9.17, 15) is 9.59 Å². The van der Waals surface area contributed by atoms with Crippen LogP contribution < -0.4 is 5.32 Å².